The van der Waals surface area contributed by atoms with Crippen LogP contribution in [0.1, 0.15) is 95.1 Å². The molecule has 1 unspecified atom stereocenters. The molecule has 0 heteroatoms. The molecule has 0 aliphatic heterocycles. The van der Waals surface area contributed by atoms with Crippen molar-refractivity contribution in [1.82, 2.24) is 0 Å². The van der Waals surface area contributed by atoms with Crippen LogP contribution in [0.5, 0.6) is 0 Å². The van der Waals surface area contributed by atoms with Gasteiger partial charge in [0.25, 0.3) is 0 Å². The van der Waals surface area contributed by atoms with Crippen LogP contribution in [0.4, 0.5) is 0 Å². The van der Waals surface area contributed by atoms with E-state index >= 15 is 0 Å². The highest BCUT2D eigenvalue weighted by atomic mass is 14.1. The fourth-order valence-corrected chi connectivity index (χ4v) is 3.06. The minimum absolute atomic E-state index is 0.723. The molecule has 0 heterocycles. The van der Waals surface area contributed by atoms with Crippen molar-refractivity contribution in [3.63, 3.8) is 0 Å². The molecule has 0 spiro atoms. The zero-order valence-electron chi connectivity index (χ0n) is 14.0. The second-order valence-electron chi connectivity index (χ2n) is 6.37. The lowest BCUT2D eigenvalue weighted by molar-refractivity contribution is 0.538. The van der Waals surface area contributed by atoms with E-state index in [1.807, 2.05) is 0 Å². The number of benzene rings is 1. The van der Waals surface area contributed by atoms with Crippen molar-refractivity contribution in [2.75, 3.05) is 0 Å². The molecule has 0 aromatic heterocycles. The van der Waals surface area contributed by atoms with Crippen LogP contribution in [0.25, 0.3) is 0 Å². The number of hydrogen-bond acceptors (Lipinski definition) is 0. The molecule has 0 fully saturated rings. The summed E-state index contributed by atoms with van der Waals surface area (Å²) in [6.07, 6.45) is 14.2. The smallest absolute Gasteiger partial charge is 0.0188 e. The molecule has 0 N–H and O–H groups in total. The van der Waals surface area contributed by atoms with Crippen LogP contribution in [-0.2, 0) is 0 Å². The van der Waals surface area contributed by atoms with Crippen molar-refractivity contribution in [1.29, 1.82) is 0 Å². The third-order valence-electron chi connectivity index (χ3n) is 4.46. The van der Waals surface area contributed by atoms with E-state index < -0.39 is 0 Å². The van der Waals surface area contributed by atoms with Gasteiger partial charge in [0.1, 0.15) is 0 Å². The summed E-state index contributed by atoms with van der Waals surface area (Å²) < 4.78 is 0. The average molecular weight is 274 g/mol. The third-order valence-corrected chi connectivity index (χ3v) is 4.46. The molecule has 0 aliphatic rings. The van der Waals surface area contributed by atoms with Gasteiger partial charge >= 0.3 is 0 Å². The van der Waals surface area contributed by atoms with Crippen LogP contribution in [0, 0.1) is 6.92 Å². The summed E-state index contributed by atoms with van der Waals surface area (Å²) in [6, 6.07) is 8.86. The Morgan fingerprint density at radius 3 is 1.95 bits per heavy atom. The number of hydrogen-bond donors (Lipinski definition) is 0. The standard InChI is InChI=1S/C20H34/c1-4-5-6-7-8-9-10-11-12-15-18(2)20-17-14-13-16-19(20)3/h13-14,16-18H,4-12,15H2,1-3H3. The van der Waals surface area contributed by atoms with Crippen LogP contribution in [0.15, 0.2) is 24.3 Å². The van der Waals surface area contributed by atoms with Crippen molar-refractivity contribution < 1.29 is 0 Å². The van der Waals surface area contributed by atoms with Crippen LogP contribution in [0.3, 0.4) is 0 Å². The summed E-state index contributed by atoms with van der Waals surface area (Å²) >= 11 is 0. The first-order valence-electron chi connectivity index (χ1n) is 8.81. The maximum atomic E-state index is 2.38. The summed E-state index contributed by atoms with van der Waals surface area (Å²) in [5.74, 6) is 0.723. The van der Waals surface area contributed by atoms with Crippen molar-refractivity contribution >= 4 is 0 Å². The van der Waals surface area contributed by atoms with Crippen molar-refractivity contribution in [3.8, 4) is 0 Å². The Bertz CT molecular complexity index is 340. The SMILES string of the molecule is CCCCCCCCCCCC(C)c1ccccc1C. The van der Waals surface area contributed by atoms with Gasteiger partial charge < -0.3 is 0 Å². The summed E-state index contributed by atoms with van der Waals surface area (Å²) in [7, 11) is 0. The fourth-order valence-electron chi connectivity index (χ4n) is 3.06. The number of aryl methyl sites for hydroxylation is 1. The van der Waals surface area contributed by atoms with E-state index in [2.05, 4.69) is 45.0 Å². The highest BCUT2D eigenvalue weighted by Crippen LogP contribution is 2.24. The molecule has 1 rings (SSSR count). The highest BCUT2D eigenvalue weighted by Gasteiger charge is 2.07. The molecule has 0 nitrogen and oxygen atoms in total. The molecular weight excluding hydrogens is 240 g/mol. The predicted octanol–water partition coefficient (Wildman–Crippen LogP) is 7.02. The van der Waals surface area contributed by atoms with E-state index in [1.54, 1.807) is 5.56 Å². The summed E-state index contributed by atoms with van der Waals surface area (Å²) in [4.78, 5) is 0. The second-order valence-corrected chi connectivity index (χ2v) is 6.37. The Kier molecular flexibility index (Phi) is 9.45. The van der Waals surface area contributed by atoms with E-state index in [9.17, 15) is 0 Å². The highest BCUT2D eigenvalue weighted by molar-refractivity contribution is 5.28. The Labute approximate surface area is 127 Å². The van der Waals surface area contributed by atoms with E-state index in [0.717, 1.165) is 5.92 Å². The molecule has 0 bridgehead atoms. The molecule has 0 aliphatic carbocycles. The van der Waals surface area contributed by atoms with E-state index in [4.69, 9.17) is 0 Å². The van der Waals surface area contributed by atoms with E-state index in [1.165, 1.54) is 69.8 Å². The first-order valence-corrected chi connectivity index (χ1v) is 8.81. The molecule has 1 aromatic rings. The van der Waals surface area contributed by atoms with Gasteiger partial charge in [-0.25, -0.2) is 0 Å². The van der Waals surface area contributed by atoms with Crippen molar-refractivity contribution in [2.24, 2.45) is 0 Å². The maximum Gasteiger partial charge on any atom is -0.0188 e. The van der Waals surface area contributed by atoms with Gasteiger partial charge in [-0.05, 0) is 30.4 Å². The van der Waals surface area contributed by atoms with Gasteiger partial charge in [0.05, 0.1) is 0 Å². The fraction of sp³-hybridized carbons (Fsp3) is 0.700. The first kappa shape index (κ1) is 17.3. The van der Waals surface area contributed by atoms with Gasteiger partial charge in [-0.15, -0.1) is 0 Å². The maximum absolute atomic E-state index is 2.38. The van der Waals surface area contributed by atoms with Gasteiger partial charge in [0.15, 0.2) is 0 Å². The summed E-state index contributed by atoms with van der Waals surface area (Å²) in [5.41, 5.74) is 3.00. The summed E-state index contributed by atoms with van der Waals surface area (Å²) in [6.45, 7) is 6.91. The zero-order chi connectivity index (χ0) is 14.6. The van der Waals surface area contributed by atoms with Crippen molar-refractivity contribution in [2.45, 2.75) is 90.9 Å². The van der Waals surface area contributed by atoms with Gasteiger partial charge in [-0.2, -0.15) is 0 Å². The largest absolute Gasteiger partial charge is 0.0654 e. The molecule has 0 radical (unpaired) electrons. The van der Waals surface area contributed by atoms with E-state index in [0.29, 0.717) is 0 Å². The molecule has 0 amide bonds. The Morgan fingerprint density at radius 2 is 1.35 bits per heavy atom. The summed E-state index contributed by atoms with van der Waals surface area (Å²) in [5, 5.41) is 0. The average Bonchev–Trinajstić information content (AvgIpc) is 2.46. The van der Waals surface area contributed by atoms with Crippen LogP contribution < -0.4 is 0 Å². The van der Waals surface area contributed by atoms with Gasteiger partial charge in [0.2, 0.25) is 0 Å². The monoisotopic (exact) mass is 274 g/mol. The first-order chi connectivity index (χ1) is 9.75. The minimum Gasteiger partial charge on any atom is -0.0654 e. The Hall–Kier alpha value is -0.780. The van der Waals surface area contributed by atoms with Crippen LogP contribution >= 0.6 is 0 Å². The molecule has 1 aromatic carbocycles. The number of unbranched alkanes of at least 4 members (excludes halogenated alkanes) is 8. The molecule has 1 atom stereocenters. The van der Waals surface area contributed by atoms with Crippen LogP contribution in [0.2, 0.25) is 0 Å². The Balaban J connectivity index is 2.03. The molecule has 0 saturated heterocycles. The minimum atomic E-state index is 0.723. The van der Waals surface area contributed by atoms with Crippen molar-refractivity contribution in [3.05, 3.63) is 35.4 Å². The predicted molar refractivity (Wildman–Crippen MR) is 91.4 cm³/mol. The zero-order valence-corrected chi connectivity index (χ0v) is 14.0. The lowest BCUT2D eigenvalue weighted by Gasteiger charge is -2.14. The molecule has 114 valence electrons. The topological polar surface area (TPSA) is 0 Å². The quantitative estimate of drug-likeness (QED) is 0.380. The van der Waals surface area contributed by atoms with E-state index in [-0.39, 0.29) is 0 Å². The molecule has 20 heavy (non-hydrogen) atoms. The normalized spacial score (nSPS) is 12.6. The number of rotatable bonds is 11. The van der Waals surface area contributed by atoms with Gasteiger partial charge in [0, 0.05) is 0 Å². The van der Waals surface area contributed by atoms with Gasteiger partial charge in [-0.1, -0.05) is 95.9 Å². The second kappa shape index (κ2) is 10.9. The van der Waals surface area contributed by atoms with Crippen LogP contribution in [-0.4, -0.2) is 0 Å². The van der Waals surface area contributed by atoms with Gasteiger partial charge in [-0.3, -0.25) is 0 Å². The molecular formula is C20H34. The lowest BCUT2D eigenvalue weighted by Crippen LogP contribution is -1.96. The third kappa shape index (κ3) is 7.12. The Morgan fingerprint density at radius 1 is 0.800 bits per heavy atom. The molecule has 0 saturated carbocycles. The lowest BCUT2D eigenvalue weighted by atomic mass is 9.91.